The molecule has 0 unspecified atom stereocenters. The summed E-state index contributed by atoms with van der Waals surface area (Å²) in [6, 6.07) is 0. The molecule has 3 N–H and O–H groups in total. The van der Waals surface area contributed by atoms with Gasteiger partial charge in [-0.05, 0) is 6.42 Å². The predicted molar refractivity (Wildman–Crippen MR) is 126 cm³/mol. The number of unbranched alkanes of at least 4 members (excludes halogenated alkanes) is 14. The summed E-state index contributed by atoms with van der Waals surface area (Å²) in [6.07, 6.45) is 20.6. The van der Waals surface area contributed by atoms with Gasteiger partial charge in [0.25, 0.3) is 0 Å². The summed E-state index contributed by atoms with van der Waals surface area (Å²) in [5.41, 5.74) is 0. The third kappa shape index (κ3) is 33.9. The highest BCUT2D eigenvalue weighted by molar-refractivity contribution is 7.80. The lowest BCUT2D eigenvalue weighted by Gasteiger charge is -2.05. The smallest absolute Gasteiger partial charge is 0.305 e. The van der Waals surface area contributed by atoms with Crippen molar-refractivity contribution in [3.63, 3.8) is 0 Å². The Balaban J connectivity index is 0. The summed E-state index contributed by atoms with van der Waals surface area (Å²) < 4.78 is 36.2. The zero-order chi connectivity index (χ0) is 24.3. The van der Waals surface area contributed by atoms with Gasteiger partial charge < -0.3 is 19.7 Å². The maximum Gasteiger partial charge on any atom is 0.305 e. The van der Waals surface area contributed by atoms with Crippen molar-refractivity contribution >= 4 is 16.4 Å². The van der Waals surface area contributed by atoms with Gasteiger partial charge in [-0.15, -0.1) is 0 Å². The van der Waals surface area contributed by atoms with Crippen LogP contribution in [0.25, 0.3) is 0 Å². The second-order valence-electron chi connectivity index (χ2n) is 8.08. The fraction of sp³-hybridized carbons (Fsp3) is 0.957. The minimum Gasteiger partial charge on any atom is -0.726 e. The summed E-state index contributed by atoms with van der Waals surface area (Å²) in [7, 11) is -3.60. The Bertz CT molecular complexity index is 487. The van der Waals surface area contributed by atoms with Gasteiger partial charge in [-0.1, -0.05) is 96.8 Å². The summed E-state index contributed by atoms with van der Waals surface area (Å²) in [4.78, 5) is 11.5. The Kier molecular flexibility index (Phi) is 27.7. The van der Waals surface area contributed by atoms with Gasteiger partial charge in [-0.3, -0.25) is 8.98 Å². The lowest BCUT2D eigenvalue weighted by atomic mass is 10.0. The van der Waals surface area contributed by atoms with Crippen LogP contribution in [0, 0.1) is 0 Å². The van der Waals surface area contributed by atoms with Crippen LogP contribution in [0.2, 0.25) is 0 Å². The van der Waals surface area contributed by atoms with Gasteiger partial charge in [0.15, 0.2) is 0 Å². The Morgan fingerprint density at radius 2 is 1.22 bits per heavy atom. The number of quaternary nitrogens is 1. The number of hydrogen-bond acceptors (Lipinski definition) is 7. The lowest BCUT2D eigenvalue weighted by molar-refractivity contribution is -0.656. The molecule has 8 nitrogen and oxygen atoms in total. The number of hydrogen-bond donors (Lipinski definition) is 2. The molecule has 32 heavy (non-hydrogen) atoms. The van der Waals surface area contributed by atoms with E-state index in [-0.39, 0.29) is 12.6 Å². The SMILES string of the molecule is CCCCCCCCCCCCCCCCCC(=O)OCC[NH2+]CCO.COS(=O)(=O)[O-]. The molecule has 0 saturated carbocycles. The minimum absolute atomic E-state index is 0.0721. The Hall–Kier alpha value is -0.740. The Morgan fingerprint density at radius 3 is 1.59 bits per heavy atom. The van der Waals surface area contributed by atoms with Crippen molar-refractivity contribution in [3.8, 4) is 0 Å². The molecular formula is C23H49NO7S. The highest BCUT2D eigenvalue weighted by Crippen LogP contribution is 2.13. The van der Waals surface area contributed by atoms with E-state index < -0.39 is 10.4 Å². The predicted octanol–water partition coefficient (Wildman–Crippen LogP) is 3.44. The topological polar surface area (TPSA) is 130 Å². The normalized spacial score (nSPS) is 11.1. The van der Waals surface area contributed by atoms with Gasteiger partial charge in [0.1, 0.15) is 13.2 Å². The molecule has 0 aliphatic rings. The van der Waals surface area contributed by atoms with E-state index in [4.69, 9.17) is 9.84 Å². The number of aliphatic hydroxyl groups is 1. The fourth-order valence-electron chi connectivity index (χ4n) is 3.20. The third-order valence-corrected chi connectivity index (χ3v) is 5.52. The van der Waals surface area contributed by atoms with Gasteiger partial charge in [0, 0.05) is 6.42 Å². The molecule has 0 spiro atoms. The van der Waals surface area contributed by atoms with Crippen LogP contribution in [-0.2, 0) is 24.1 Å². The fourth-order valence-corrected chi connectivity index (χ4v) is 3.20. The van der Waals surface area contributed by atoms with Crippen molar-refractivity contribution in [2.45, 2.75) is 110 Å². The first-order chi connectivity index (χ1) is 15.4. The minimum atomic E-state index is -4.41. The molecule has 0 fully saturated rings. The number of esters is 1. The second kappa shape index (κ2) is 26.5. The maximum absolute atomic E-state index is 11.5. The zero-order valence-electron chi connectivity index (χ0n) is 20.5. The van der Waals surface area contributed by atoms with Crippen LogP contribution in [0.1, 0.15) is 110 Å². The molecule has 194 valence electrons. The van der Waals surface area contributed by atoms with E-state index in [0.29, 0.717) is 19.6 Å². The summed E-state index contributed by atoms with van der Waals surface area (Å²) in [5.74, 6) is -0.0721. The largest absolute Gasteiger partial charge is 0.726 e. The number of carbonyl (C=O) groups excluding carboxylic acids is 1. The molecule has 0 radical (unpaired) electrons. The summed E-state index contributed by atoms with van der Waals surface area (Å²) >= 11 is 0. The Morgan fingerprint density at radius 1 is 0.812 bits per heavy atom. The average molecular weight is 484 g/mol. The van der Waals surface area contributed by atoms with E-state index in [9.17, 15) is 17.8 Å². The van der Waals surface area contributed by atoms with Crippen LogP contribution in [0.15, 0.2) is 0 Å². The molecule has 0 aromatic rings. The van der Waals surface area contributed by atoms with Gasteiger partial charge in [0.2, 0.25) is 10.4 Å². The van der Waals surface area contributed by atoms with Gasteiger partial charge in [-0.2, -0.15) is 0 Å². The monoisotopic (exact) mass is 483 g/mol. The lowest BCUT2D eigenvalue weighted by Crippen LogP contribution is -2.86. The van der Waals surface area contributed by atoms with E-state index in [1.54, 1.807) is 0 Å². The number of ether oxygens (including phenoxy) is 1. The van der Waals surface area contributed by atoms with E-state index in [2.05, 4.69) is 11.1 Å². The highest BCUT2D eigenvalue weighted by Gasteiger charge is 2.03. The molecule has 0 amide bonds. The number of carbonyl (C=O) groups is 1. The van der Waals surface area contributed by atoms with Crippen molar-refractivity contribution in [2.24, 2.45) is 0 Å². The van der Waals surface area contributed by atoms with Crippen LogP contribution in [0.5, 0.6) is 0 Å². The van der Waals surface area contributed by atoms with E-state index >= 15 is 0 Å². The second-order valence-corrected chi connectivity index (χ2v) is 9.23. The van der Waals surface area contributed by atoms with Crippen LogP contribution < -0.4 is 5.32 Å². The summed E-state index contributed by atoms with van der Waals surface area (Å²) in [5, 5.41) is 10.6. The molecule has 0 aromatic carbocycles. The van der Waals surface area contributed by atoms with Crippen LogP contribution in [0.4, 0.5) is 0 Å². The molecule has 0 aromatic heterocycles. The molecule has 0 heterocycles. The van der Waals surface area contributed by atoms with Gasteiger partial charge >= 0.3 is 5.97 Å². The first kappa shape index (κ1) is 33.4. The van der Waals surface area contributed by atoms with Crippen molar-refractivity contribution in [2.75, 3.05) is 33.4 Å². The molecular weight excluding hydrogens is 434 g/mol. The van der Waals surface area contributed by atoms with Gasteiger partial charge in [0.05, 0.1) is 20.3 Å². The third-order valence-electron chi connectivity index (χ3n) is 5.11. The standard InChI is InChI=1S/C22H45NO3.CH4O4S/c1-2-3-4-5-6-7-8-9-10-11-12-13-14-15-16-17-22(25)26-21-19-23-18-20-24;1-5-6(2,3)4/h23-24H,2-21H2,1H3;1H3,(H,2,3,4). The van der Waals surface area contributed by atoms with Crippen molar-refractivity contribution < 1.29 is 37.1 Å². The molecule has 9 heteroatoms. The van der Waals surface area contributed by atoms with Crippen molar-refractivity contribution in [1.82, 2.24) is 0 Å². The zero-order valence-corrected chi connectivity index (χ0v) is 21.3. The van der Waals surface area contributed by atoms with Crippen LogP contribution in [0.3, 0.4) is 0 Å². The summed E-state index contributed by atoms with van der Waals surface area (Å²) in [6.45, 7) is 4.32. The first-order valence-electron chi connectivity index (χ1n) is 12.5. The number of aliphatic hydroxyl groups excluding tert-OH is 1. The molecule has 0 aliphatic carbocycles. The number of nitrogens with two attached hydrogens (primary N) is 1. The van der Waals surface area contributed by atoms with E-state index in [1.807, 2.05) is 5.32 Å². The van der Waals surface area contributed by atoms with E-state index in [1.165, 1.54) is 83.5 Å². The molecule has 0 aliphatic heterocycles. The average Bonchev–Trinajstić information content (AvgIpc) is 2.76. The maximum atomic E-state index is 11.5. The molecule has 0 atom stereocenters. The molecule has 0 rings (SSSR count). The highest BCUT2D eigenvalue weighted by atomic mass is 32.3. The van der Waals surface area contributed by atoms with Crippen molar-refractivity contribution in [1.29, 1.82) is 0 Å². The quantitative estimate of drug-likeness (QED) is 0.104. The number of rotatable bonds is 22. The molecule has 0 saturated heterocycles. The van der Waals surface area contributed by atoms with E-state index in [0.717, 1.165) is 26.5 Å². The van der Waals surface area contributed by atoms with Crippen LogP contribution >= 0.6 is 0 Å². The van der Waals surface area contributed by atoms with Crippen molar-refractivity contribution in [3.05, 3.63) is 0 Å². The molecule has 0 bridgehead atoms. The Labute approximate surface area is 196 Å². The van der Waals surface area contributed by atoms with Crippen LogP contribution in [-0.4, -0.2) is 57.5 Å². The first-order valence-corrected chi connectivity index (χ1v) is 13.8. The van der Waals surface area contributed by atoms with Gasteiger partial charge in [-0.25, -0.2) is 8.42 Å².